The van der Waals surface area contributed by atoms with Gasteiger partial charge in [0.15, 0.2) is 0 Å². The molecule has 0 saturated heterocycles. The molecule has 0 spiro atoms. The highest BCUT2D eigenvalue weighted by Crippen LogP contribution is 2.45. The summed E-state index contributed by atoms with van der Waals surface area (Å²) in [4.78, 5) is 11.8. The molecule has 0 aliphatic heterocycles. The Labute approximate surface area is 127 Å². The molecule has 2 N–H and O–H groups in total. The van der Waals surface area contributed by atoms with Gasteiger partial charge in [0.25, 0.3) is 0 Å². The summed E-state index contributed by atoms with van der Waals surface area (Å²) in [6, 6.07) is 0.636. The number of esters is 1. The van der Waals surface area contributed by atoms with E-state index in [1.165, 1.54) is 25.7 Å². The third-order valence-electron chi connectivity index (χ3n) is 5.46. The van der Waals surface area contributed by atoms with Gasteiger partial charge in [0.2, 0.25) is 0 Å². The summed E-state index contributed by atoms with van der Waals surface area (Å²) in [5.41, 5.74) is -0.620. The van der Waals surface area contributed by atoms with Crippen molar-refractivity contribution >= 4 is 5.97 Å². The van der Waals surface area contributed by atoms with Gasteiger partial charge in [-0.2, -0.15) is 0 Å². The van der Waals surface area contributed by atoms with Gasteiger partial charge in [0.1, 0.15) is 0 Å². The van der Waals surface area contributed by atoms with Crippen LogP contribution in [0.3, 0.4) is 0 Å². The lowest BCUT2D eigenvalue weighted by molar-refractivity contribution is -0.151. The van der Waals surface area contributed by atoms with Gasteiger partial charge in [0.05, 0.1) is 18.1 Å². The Hall–Kier alpha value is -0.610. The van der Waals surface area contributed by atoms with E-state index >= 15 is 0 Å². The molecular weight excluding hydrogens is 266 g/mol. The van der Waals surface area contributed by atoms with Crippen molar-refractivity contribution < 1.29 is 14.6 Å². The summed E-state index contributed by atoms with van der Waals surface area (Å²) >= 11 is 0. The maximum Gasteiger partial charge on any atom is 0.308 e. The Morgan fingerprint density at radius 3 is 2.24 bits per heavy atom. The Balaban J connectivity index is 1.44. The van der Waals surface area contributed by atoms with E-state index in [9.17, 15) is 9.90 Å². The fourth-order valence-corrected chi connectivity index (χ4v) is 3.76. The topological polar surface area (TPSA) is 58.6 Å². The molecule has 0 aromatic carbocycles. The second kappa shape index (κ2) is 6.25. The number of carbonyl (C=O) groups is 1. The van der Waals surface area contributed by atoms with Crippen LogP contribution in [0.2, 0.25) is 0 Å². The van der Waals surface area contributed by atoms with Crippen LogP contribution in [0.25, 0.3) is 0 Å². The largest absolute Gasteiger partial charge is 0.466 e. The molecule has 4 heteroatoms. The number of hydrogen-bond acceptors (Lipinski definition) is 4. The summed E-state index contributed by atoms with van der Waals surface area (Å²) in [6.45, 7) is 2.99. The predicted molar refractivity (Wildman–Crippen MR) is 80.8 cm³/mol. The molecule has 3 fully saturated rings. The summed E-state index contributed by atoms with van der Waals surface area (Å²) in [5.74, 6) is 1.63. The van der Waals surface area contributed by atoms with Gasteiger partial charge in [-0.3, -0.25) is 4.79 Å². The normalized spacial score (nSPS) is 33.2. The number of hydrogen-bond donors (Lipinski definition) is 2. The number of carbonyl (C=O) groups excluding carboxylic acids is 1. The zero-order valence-corrected chi connectivity index (χ0v) is 13.1. The van der Waals surface area contributed by atoms with Gasteiger partial charge in [-0.25, -0.2) is 0 Å². The van der Waals surface area contributed by atoms with Crippen LogP contribution < -0.4 is 5.32 Å². The standard InChI is InChI=1S/C17H29NO3/c1-2-21-16(19)14-7-9-17(20,10-8-14)11-18-15(12-3-4-12)13-5-6-13/h12-15,18,20H,2-11H2,1H3. The average molecular weight is 295 g/mol. The SMILES string of the molecule is CCOC(=O)C1CCC(O)(CNC(C2CC2)C2CC2)CC1. The molecule has 3 aliphatic carbocycles. The van der Waals surface area contributed by atoms with Crippen LogP contribution in [0, 0.1) is 17.8 Å². The van der Waals surface area contributed by atoms with Gasteiger partial charge >= 0.3 is 5.97 Å². The van der Waals surface area contributed by atoms with Gasteiger partial charge in [0, 0.05) is 12.6 Å². The highest BCUT2D eigenvalue weighted by atomic mass is 16.5. The average Bonchev–Trinajstić information content (AvgIpc) is 3.34. The fraction of sp³-hybridized carbons (Fsp3) is 0.941. The van der Waals surface area contributed by atoms with Gasteiger partial charge < -0.3 is 15.2 Å². The van der Waals surface area contributed by atoms with Crippen molar-refractivity contribution in [2.24, 2.45) is 17.8 Å². The molecule has 0 heterocycles. The third-order valence-corrected chi connectivity index (χ3v) is 5.46. The first-order chi connectivity index (χ1) is 10.1. The van der Waals surface area contributed by atoms with Gasteiger partial charge in [-0.05, 0) is 70.1 Å². The Bertz CT molecular complexity index is 356. The molecule has 3 saturated carbocycles. The molecule has 0 radical (unpaired) electrons. The first kappa shape index (κ1) is 15.3. The molecule has 120 valence electrons. The first-order valence-corrected chi connectivity index (χ1v) is 8.74. The monoisotopic (exact) mass is 295 g/mol. The molecule has 0 atom stereocenters. The van der Waals surface area contributed by atoms with Gasteiger partial charge in [-0.15, -0.1) is 0 Å². The van der Waals surface area contributed by atoms with E-state index < -0.39 is 5.60 Å². The Morgan fingerprint density at radius 1 is 1.19 bits per heavy atom. The van der Waals surface area contributed by atoms with Crippen molar-refractivity contribution in [3.05, 3.63) is 0 Å². The summed E-state index contributed by atoms with van der Waals surface area (Å²) < 4.78 is 5.09. The smallest absolute Gasteiger partial charge is 0.308 e. The highest BCUT2D eigenvalue weighted by molar-refractivity contribution is 5.72. The maximum absolute atomic E-state index is 11.8. The molecular formula is C17H29NO3. The minimum Gasteiger partial charge on any atom is -0.466 e. The van der Waals surface area contributed by atoms with Crippen LogP contribution in [0.15, 0.2) is 0 Å². The summed E-state index contributed by atoms with van der Waals surface area (Å²) in [6.07, 6.45) is 8.38. The Kier molecular flexibility index (Phi) is 4.55. The van der Waals surface area contributed by atoms with Crippen molar-refractivity contribution in [1.29, 1.82) is 0 Å². The van der Waals surface area contributed by atoms with Crippen LogP contribution in [-0.4, -0.2) is 35.9 Å². The van der Waals surface area contributed by atoms with Crippen molar-refractivity contribution in [2.75, 3.05) is 13.2 Å². The second-order valence-electron chi connectivity index (χ2n) is 7.33. The molecule has 0 bridgehead atoms. The molecule has 0 aromatic heterocycles. The van der Waals surface area contributed by atoms with E-state index in [0.717, 1.165) is 24.7 Å². The number of rotatable bonds is 7. The van der Waals surface area contributed by atoms with E-state index in [4.69, 9.17) is 4.74 Å². The molecule has 4 nitrogen and oxygen atoms in total. The minimum atomic E-state index is -0.620. The lowest BCUT2D eigenvalue weighted by Gasteiger charge is -2.36. The molecule has 21 heavy (non-hydrogen) atoms. The predicted octanol–water partition coefficient (Wildman–Crippen LogP) is 2.25. The zero-order valence-electron chi connectivity index (χ0n) is 13.1. The number of nitrogens with one attached hydrogen (secondary N) is 1. The van der Waals surface area contributed by atoms with Crippen LogP contribution >= 0.6 is 0 Å². The van der Waals surface area contributed by atoms with Crippen molar-refractivity contribution in [3.63, 3.8) is 0 Å². The van der Waals surface area contributed by atoms with Crippen LogP contribution in [0.5, 0.6) is 0 Å². The van der Waals surface area contributed by atoms with E-state index in [2.05, 4.69) is 5.32 Å². The molecule has 0 amide bonds. The van der Waals surface area contributed by atoms with Crippen molar-refractivity contribution in [2.45, 2.75) is 69.9 Å². The van der Waals surface area contributed by atoms with E-state index in [-0.39, 0.29) is 11.9 Å². The van der Waals surface area contributed by atoms with Crippen LogP contribution in [0.4, 0.5) is 0 Å². The minimum absolute atomic E-state index is 0.00659. The Morgan fingerprint density at radius 2 is 1.76 bits per heavy atom. The lowest BCUT2D eigenvalue weighted by atomic mass is 9.78. The number of aliphatic hydroxyl groups is 1. The molecule has 3 rings (SSSR count). The van der Waals surface area contributed by atoms with Crippen LogP contribution in [-0.2, 0) is 9.53 Å². The first-order valence-electron chi connectivity index (χ1n) is 8.74. The number of ether oxygens (including phenoxy) is 1. The fourth-order valence-electron chi connectivity index (χ4n) is 3.76. The quantitative estimate of drug-likeness (QED) is 0.707. The maximum atomic E-state index is 11.8. The van der Waals surface area contributed by atoms with Crippen molar-refractivity contribution in [1.82, 2.24) is 5.32 Å². The summed E-state index contributed by atoms with van der Waals surface area (Å²) in [7, 11) is 0. The lowest BCUT2D eigenvalue weighted by Crippen LogP contribution is -2.48. The second-order valence-corrected chi connectivity index (χ2v) is 7.33. The molecule has 3 aliphatic rings. The highest BCUT2D eigenvalue weighted by Gasteiger charge is 2.43. The third kappa shape index (κ3) is 3.98. The zero-order chi connectivity index (χ0) is 14.9. The van der Waals surface area contributed by atoms with E-state index in [0.29, 0.717) is 32.0 Å². The van der Waals surface area contributed by atoms with Crippen LogP contribution in [0.1, 0.15) is 58.3 Å². The molecule has 0 unspecified atom stereocenters. The molecule has 0 aromatic rings. The summed E-state index contributed by atoms with van der Waals surface area (Å²) in [5, 5.41) is 14.4. The van der Waals surface area contributed by atoms with Gasteiger partial charge in [-0.1, -0.05) is 0 Å². The van der Waals surface area contributed by atoms with Crippen molar-refractivity contribution in [3.8, 4) is 0 Å². The van der Waals surface area contributed by atoms with E-state index in [1.54, 1.807) is 0 Å². The van der Waals surface area contributed by atoms with E-state index in [1.807, 2.05) is 6.92 Å².